The second-order valence-corrected chi connectivity index (χ2v) is 4.93. The Bertz CT molecular complexity index is 384. The third-order valence-corrected chi connectivity index (χ3v) is 3.36. The fourth-order valence-corrected chi connectivity index (χ4v) is 2.42. The summed E-state index contributed by atoms with van der Waals surface area (Å²) in [5, 5.41) is 0. The van der Waals surface area contributed by atoms with E-state index in [1.54, 1.807) is 0 Å². The number of nitrogens with zero attached hydrogens (tertiary/aromatic N) is 1. The molecule has 0 spiro atoms. The maximum Gasteiger partial charge on any atom is 0.161 e. The van der Waals surface area contributed by atoms with Gasteiger partial charge in [0.1, 0.15) is 6.61 Å². The van der Waals surface area contributed by atoms with Crippen LogP contribution in [0.1, 0.15) is 19.8 Å². The Morgan fingerprint density at radius 2 is 2.00 bits per heavy atom. The van der Waals surface area contributed by atoms with Gasteiger partial charge in [-0.05, 0) is 38.4 Å². The average molecular weight is 264 g/mol. The normalized spacial score (nSPS) is 20.2. The van der Waals surface area contributed by atoms with Gasteiger partial charge in [0.2, 0.25) is 0 Å². The molecule has 106 valence electrons. The van der Waals surface area contributed by atoms with Crippen LogP contribution >= 0.6 is 0 Å². The molecule has 0 aliphatic carbocycles. The molecule has 0 radical (unpaired) electrons. The van der Waals surface area contributed by atoms with E-state index < -0.39 is 0 Å². The fraction of sp³-hybridized carbons (Fsp3) is 0.600. The molecule has 4 nitrogen and oxygen atoms in total. The molecular weight excluding hydrogens is 240 g/mol. The Hall–Kier alpha value is -1.26. The summed E-state index contributed by atoms with van der Waals surface area (Å²) in [7, 11) is 0. The van der Waals surface area contributed by atoms with Crippen molar-refractivity contribution in [3.05, 3.63) is 24.3 Å². The smallest absolute Gasteiger partial charge is 0.161 e. The van der Waals surface area contributed by atoms with Crippen LogP contribution in [-0.2, 0) is 0 Å². The monoisotopic (exact) mass is 264 g/mol. The molecule has 2 N–H and O–H groups in total. The van der Waals surface area contributed by atoms with Crippen LogP contribution in [0.2, 0.25) is 0 Å². The predicted octanol–water partition coefficient (Wildman–Crippen LogP) is 1.89. The summed E-state index contributed by atoms with van der Waals surface area (Å²) in [6.45, 7) is 6.35. The summed E-state index contributed by atoms with van der Waals surface area (Å²) in [5.74, 6) is 1.64. The first-order valence-corrected chi connectivity index (χ1v) is 7.12. The van der Waals surface area contributed by atoms with Gasteiger partial charge < -0.3 is 15.2 Å². The molecular formula is C15H24N2O2. The molecule has 1 aliphatic heterocycles. The van der Waals surface area contributed by atoms with Gasteiger partial charge in [-0.2, -0.15) is 0 Å². The maximum absolute atomic E-state index is 5.97. The quantitative estimate of drug-likeness (QED) is 0.852. The highest BCUT2D eigenvalue weighted by atomic mass is 16.5. The Morgan fingerprint density at radius 3 is 2.68 bits per heavy atom. The molecule has 1 unspecified atom stereocenters. The van der Waals surface area contributed by atoms with Crippen LogP contribution in [0.4, 0.5) is 0 Å². The lowest BCUT2D eigenvalue weighted by atomic mass is 10.1. The summed E-state index contributed by atoms with van der Waals surface area (Å²) in [6, 6.07) is 8.14. The lowest BCUT2D eigenvalue weighted by Crippen LogP contribution is -2.44. The fourth-order valence-electron chi connectivity index (χ4n) is 2.42. The van der Waals surface area contributed by atoms with Crippen LogP contribution in [0.5, 0.6) is 11.5 Å². The highest BCUT2D eigenvalue weighted by Gasteiger charge is 2.16. The van der Waals surface area contributed by atoms with Crippen LogP contribution in [0.3, 0.4) is 0 Å². The number of hydrogen-bond donors (Lipinski definition) is 1. The van der Waals surface area contributed by atoms with Crippen LogP contribution in [-0.4, -0.2) is 43.8 Å². The molecule has 1 aliphatic rings. The molecule has 0 saturated carbocycles. The first-order valence-electron chi connectivity index (χ1n) is 7.12. The zero-order valence-electron chi connectivity index (χ0n) is 11.7. The topological polar surface area (TPSA) is 47.7 Å². The summed E-state index contributed by atoms with van der Waals surface area (Å²) >= 11 is 0. The Kier molecular flexibility index (Phi) is 5.48. The van der Waals surface area contributed by atoms with Crippen molar-refractivity contribution in [2.24, 2.45) is 5.73 Å². The molecule has 0 bridgehead atoms. The molecule has 4 heteroatoms. The van der Waals surface area contributed by atoms with E-state index in [-0.39, 0.29) is 0 Å². The number of likely N-dealkylation sites (tertiary alicyclic amines) is 1. The standard InChI is InChI=1S/C15H24N2O2/c1-2-18-14-7-3-4-8-15(14)19-11-10-17-9-5-6-13(16)12-17/h3-4,7-8,13H,2,5-6,9-12,16H2,1H3. The second-order valence-electron chi connectivity index (χ2n) is 4.93. The lowest BCUT2D eigenvalue weighted by molar-refractivity contribution is 0.168. The van der Waals surface area contributed by atoms with Crippen molar-refractivity contribution in [3.8, 4) is 11.5 Å². The van der Waals surface area contributed by atoms with E-state index in [1.165, 1.54) is 6.42 Å². The maximum atomic E-state index is 5.97. The van der Waals surface area contributed by atoms with Crippen molar-refractivity contribution in [1.82, 2.24) is 4.90 Å². The third kappa shape index (κ3) is 4.40. The summed E-state index contributed by atoms with van der Waals surface area (Å²) in [4.78, 5) is 2.37. The van der Waals surface area contributed by atoms with Gasteiger partial charge in [0.15, 0.2) is 11.5 Å². The summed E-state index contributed by atoms with van der Waals surface area (Å²) < 4.78 is 11.4. The van der Waals surface area contributed by atoms with E-state index >= 15 is 0 Å². The summed E-state index contributed by atoms with van der Waals surface area (Å²) in [5.41, 5.74) is 5.97. The van der Waals surface area contributed by atoms with Gasteiger partial charge in [-0.15, -0.1) is 0 Å². The predicted molar refractivity (Wildman–Crippen MR) is 76.8 cm³/mol. The number of hydrogen-bond acceptors (Lipinski definition) is 4. The van der Waals surface area contributed by atoms with Crippen LogP contribution in [0.25, 0.3) is 0 Å². The van der Waals surface area contributed by atoms with Crippen LogP contribution < -0.4 is 15.2 Å². The van der Waals surface area contributed by atoms with E-state index in [9.17, 15) is 0 Å². The minimum absolute atomic E-state index is 0.324. The molecule has 2 rings (SSSR count). The number of nitrogens with two attached hydrogens (primary N) is 1. The van der Waals surface area contributed by atoms with E-state index in [4.69, 9.17) is 15.2 Å². The molecule has 1 saturated heterocycles. The van der Waals surface area contributed by atoms with E-state index in [0.717, 1.165) is 37.6 Å². The molecule has 1 heterocycles. The Balaban J connectivity index is 1.78. The molecule has 1 atom stereocenters. The van der Waals surface area contributed by atoms with Crippen molar-refractivity contribution in [2.45, 2.75) is 25.8 Å². The van der Waals surface area contributed by atoms with Gasteiger partial charge in [0.25, 0.3) is 0 Å². The van der Waals surface area contributed by atoms with Gasteiger partial charge in [0.05, 0.1) is 6.61 Å². The molecule has 1 aromatic carbocycles. The zero-order valence-corrected chi connectivity index (χ0v) is 11.7. The molecule has 0 aromatic heterocycles. The number of para-hydroxylation sites is 2. The number of benzene rings is 1. The largest absolute Gasteiger partial charge is 0.490 e. The van der Waals surface area contributed by atoms with Gasteiger partial charge in [-0.3, -0.25) is 4.90 Å². The van der Waals surface area contributed by atoms with Crippen molar-refractivity contribution in [3.63, 3.8) is 0 Å². The van der Waals surface area contributed by atoms with Crippen molar-refractivity contribution < 1.29 is 9.47 Å². The van der Waals surface area contributed by atoms with Crippen molar-refractivity contribution in [1.29, 1.82) is 0 Å². The van der Waals surface area contributed by atoms with E-state index in [0.29, 0.717) is 19.3 Å². The number of rotatable bonds is 6. The van der Waals surface area contributed by atoms with Crippen LogP contribution in [0.15, 0.2) is 24.3 Å². The Labute approximate surface area is 115 Å². The van der Waals surface area contributed by atoms with E-state index in [2.05, 4.69) is 4.90 Å². The summed E-state index contributed by atoms with van der Waals surface area (Å²) in [6.07, 6.45) is 2.33. The highest BCUT2D eigenvalue weighted by molar-refractivity contribution is 5.39. The SMILES string of the molecule is CCOc1ccccc1OCCN1CCCC(N)C1. The number of piperidine rings is 1. The van der Waals surface area contributed by atoms with Crippen LogP contribution in [0, 0.1) is 0 Å². The molecule has 0 amide bonds. The van der Waals surface area contributed by atoms with Gasteiger partial charge in [-0.25, -0.2) is 0 Å². The van der Waals surface area contributed by atoms with Crippen molar-refractivity contribution >= 4 is 0 Å². The highest BCUT2D eigenvalue weighted by Crippen LogP contribution is 2.26. The average Bonchev–Trinajstić information content (AvgIpc) is 2.41. The molecule has 1 fully saturated rings. The molecule has 1 aromatic rings. The minimum atomic E-state index is 0.324. The second kappa shape index (κ2) is 7.36. The van der Waals surface area contributed by atoms with Crippen molar-refractivity contribution in [2.75, 3.05) is 32.8 Å². The van der Waals surface area contributed by atoms with Gasteiger partial charge in [0, 0.05) is 19.1 Å². The molecule has 19 heavy (non-hydrogen) atoms. The van der Waals surface area contributed by atoms with Gasteiger partial charge in [-0.1, -0.05) is 12.1 Å². The first-order chi connectivity index (χ1) is 9.29. The third-order valence-electron chi connectivity index (χ3n) is 3.36. The first kappa shape index (κ1) is 14.2. The Morgan fingerprint density at radius 1 is 1.26 bits per heavy atom. The minimum Gasteiger partial charge on any atom is -0.490 e. The van der Waals surface area contributed by atoms with Gasteiger partial charge >= 0.3 is 0 Å². The van der Waals surface area contributed by atoms with E-state index in [1.807, 2.05) is 31.2 Å². The number of ether oxygens (including phenoxy) is 2. The lowest BCUT2D eigenvalue weighted by Gasteiger charge is -2.30. The zero-order chi connectivity index (χ0) is 13.5.